The highest BCUT2D eigenvalue weighted by atomic mass is 16.2. The van der Waals surface area contributed by atoms with Gasteiger partial charge in [-0.05, 0) is 43.0 Å². The van der Waals surface area contributed by atoms with Crippen molar-refractivity contribution in [3.63, 3.8) is 0 Å². The van der Waals surface area contributed by atoms with Crippen molar-refractivity contribution in [3.05, 3.63) is 112 Å². The highest BCUT2D eigenvalue weighted by Gasteiger charge is 2.22. The monoisotopic (exact) mass is 466 g/mol. The molecule has 3 heterocycles. The number of hydrogen-bond donors (Lipinski definition) is 1. The largest absolute Gasteiger partial charge is 0.349 e. The molecule has 0 radical (unpaired) electrons. The van der Waals surface area contributed by atoms with E-state index >= 15 is 0 Å². The van der Waals surface area contributed by atoms with Crippen LogP contribution in [0.5, 0.6) is 0 Å². The van der Waals surface area contributed by atoms with Gasteiger partial charge in [0.05, 0.1) is 28.7 Å². The van der Waals surface area contributed by atoms with Crippen LogP contribution in [0.15, 0.2) is 83.8 Å². The van der Waals surface area contributed by atoms with Gasteiger partial charge in [0.25, 0.3) is 11.5 Å². The summed E-state index contributed by atoms with van der Waals surface area (Å²) in [5.74, 6) is -0.156. The average molecular weight is 467 g/mol. The fourth-order valence-electron chi connectivity index (χ4n) is 4.78. The lowest BCUT2D eigenvalue weighted by molar-refractivity contribution is 0.0908. The molecule has 1 amide bonds. The Morgan fingerprint density at radius 1 is 0.943 bits per heavy atom. The normalized spacial score (nSPS) is 14.8. The van der Waals surface area contributed by atoms with Gasteiger partial charge >= 0.3 is 0 Å². The lowest BCUT2D eigenvalue weighted by atomic mass is 10.0. The van der Waals surface area contributed by atoms with E-state index in [1.807, 2.05) is 49.4 Å². The number of nitrogens with one attached hydrogen (secondary N) is 1. The predicted octanol–water partition coefficient (Wildman–Crippen LogP) is 4.15. The molecule has 0 saturated carbocycles. The number of carbonyl (C=O) groups is 1. The maximum Gasteiger partial charge on any atom is 0.260 e. The van der Waals surface area contributed by atoms with E-state index in [4.69, 9.17) is 0 Å². The molecule has 1 saturated heterocycles. The molecular formula is C29H30N4O2. The van der Waals surface area contributed by atoms with Crippen molar-refractivity contribution in [2.45, 2.75) is 38.9 Å². The summed E-state index contributed by atoms with van der Waals surface area (Å²) >= 11 is 0. The van der Waals surface area contributed by atoms with Crippen LogP contribution in [0, 0.1) is 6.92 Å². The zero-order valence-electron chi connectivity index (χ0n) is 20.0. The highest BCUT2D eigenvalue weighted by molar-refractivity contribution is 5.98. The molecule has 2 aromatic carbocycles. The number of likely N-dealkylation sites (tertiary alicyclic amines) is 1. The van der Waals surface area contributed by atoms with Gasteiger partial charge in [-0.15, -0.1) is 0 Å². The first-order valence-corrected chi connectivity index (χ1v) is 12.2. The van der Waals surface area contributed by atoms with E-state index in [9.17, 15) is 9.59 Å². The number of aryl methyl sites for hydroxylation is 1. The highest BCUT2D eigenvalue weighted by Crippen LogP contribution is 2.17. The van der Waals surface area contributed by atoms with Gasteiger partial charge in [0.15, 0.2) is 0 Å². The first-order valence-electron chi connectivity index (χ1n) is 12.2. The predicted molar refractivity (Wildman–Crippen MR) is 138 cm³/mol. The second-order valence-electron chi connectivity index (χ2n) is 9.30. The Bertz CT molecular complexity index is 1370. The van der Waals surface area contributed by atoms with Gasteiger partial charge in [0.2, 0.25) is 0 Å². The van der Waals surface area contributed by atoms with E-state index in [0.717, 1.165) is 38.0 Å². The minimum absolute atomic E-state index is 0.120. The first-order chi connectivity index (χ1) is 17.1. The molecule has 1 aliphatic heterocycles. The fourth-order valence-corrected chi connectivity index (χ4v) is 4.78. The Balaban J connectivity index is 1.28. The molecule has 1 aliphatic rings. The van der Waals surface area contributed by atoms with Crippen LogP contribution in [-0.2, 0) is 13.1 Å². The molecule has 1 fully saturated rings. The summed E-state index contributed by atoms with van der Waals surface area (Å²) in [4.78, 5) is 33.3. The molecule has 178 valence electrons. The van der Waals surface area contributed by atoms with E-state index in [1.54, 1.807) is 16.8 Å². The van der Waals surface area contributed by atoms with Crippen LogP contribution in [0.1, 0.15) is 40.0 Å². The van der Waals surface area contributed by atoms with Crippen molar-refractivity contribution < 1.29 is 4.79 Å². The summed E-state index contributed by atoms with van der Waals surface area (Å²) in [5.41, 5.74) is 3.94. The number of carbonyl (C=O) groups excluding carboxylic acids is 1. The third-order valence-corrected chi connectivity index (χ3v) is 6.76. The van der Waals surface area contributed by atoms with Crippen molar-refractivity contribution in [1.82, 2.24) is 19.8 Å². The van der Waals surface area contributed by atoms with Crippen LogP contribution >= 0.6 is 0 Å². The minimum atomic E-state index is -0.156. The smallest absolute Gasteiger partial charge is 0.260 e. The number of piperidine rings is 1. The van der Waals surface area contributed by atoms with Crippen LogP contribution in [0.25, 0.3) is 10.9 Å². The van der Waals surface area contributed by atoms with E-state index in [1.165, 1.54) is 5.56 Å². The second-order valence-corrected chi connectivity index (χ2v) is 9.30. The molecule has 0 unspecified atom stereocenters. The minimum Gasteiger partial charge on any atom is -0.349 e. The molecule has 5 rings (SSSR count). The molecule has 0 bridgehead atoms. The quantitative estimate of drug-likeness (QED) is 0.464. The Labute approximate surface area is 205 Å². The van der Waals surface area contributed by atoms with Gasteiger partial charge in [-0.25, -0.2) is 0 Å². The van der Waals surface area contributed by atoms with Crippen molar-refractivity contribution >= 4 is 16.8 Å². The number of aromatic nitrogens is 2. The van der Waals surface area contributed by atoms with Crippen molar-refractivity contribution in [3.8, 4) is 0 Å². The number of hydrogen-bond acceptors (Lipinski definition) is 4. The molecular weight excluding hydrogens is 436 g/mol. The molecule has 6 heteroatoms. The fraction of sp³-hybridized carbons (Fsp3) is 0.276. The lowest BCUT2D eigenvalue weighted by Gasteiger charge is -2.32. The third-order valence-electron chi connectivity index (χ3n) is 6.76. The summed E-state index contributed by atoms with van der Waals surface area (Å²) in [6.45, 7) is 5.13. The standard InChI is InChI=1S/C29H30N4O2/c1-21-25(28(34)31-24-12-15-32(16-13-24)19-22-8-4-2-5-9-22)18-26-27(30-21)14-17-33(29(26)35)20-23-10-6-3-7-11-23/h2-11,14,17-18,24H,12-13,15-16,19-20H2,1H3,(H,31,34). The van der Waals surface area contributed by atoms with Crippen molar-refractivity contribution in [2.75, 3.05) is 13.1 Å². The summed E-state index contributed by atoms with van der Waals surface area (Å²) in [6, 6.07) is 24.0. The van der Waals surface area contributed by atoms with Gasteiger partial charge < -0.3 is 9.88 Å². The van der Waals surface area contributed by atoms with Gasteiger partial charge in [-0.2, -0.15) is 0 Å². The maximum atomic E-state index is 13.2. The zero-order valence-corrected chi connectivity index (χ0v) is 20.0. The van der Waals surface area contributed by atoms with E-state index in [2.05, 4.69) is 39.5 Å². The topological polar surface area (TPSA) is 67.2 Å². The first kappa shape index (κ1) is 23.0. The molecule has 6 nitrogen and oxygen atoms in total. The number of pyridine rings is 2. The average Bonchev–Trinajstić information content (AvgIpc) is 2.88. The number of amides is 1. The number of nitrogens with zero attached hydrogens (tertiary/aromatic N) is 3. The molecule has 4 aromatic rings. The number of fused-ring (bicyclic) bond motifs is 1. The summed E-state index contributed by atoms with van der Waals surface area (Å²) < 4.78 is 1.67. The van der Waals surface area contributed by atoms with E-state index < -0.39 is 0 Å². The third kappa shape index (κ3) is 5.33. The number of benzene rings is 2. The van der Waals surface area contributed by atoms with Crippen LogP contribution in [0.3, 0.4) is 0 Å². The van der Waals surface area contributed by atoms with Crippen LogP contribution in [0.4, 0.5) is 0 Å². The SMILES string of the molecule is Cc1nc2ccn(Cc3ccccc3)c(=O)c2cc1C(=O)NC1CCN(Cc2ccccc2)CC1. The van der Waals surface area contributed by atoms with Crippen molar-refractivity contribution in [2.24, 2.45) is 0 Å². The molecule has 0 aliphatic carbocycles. The molecule has 2 aromatic heterocycles. The Hall–Kier alpha value is -3.77. The van der Waals surface area contributed by atoms with Gasteiger partial charge in [-0.1, -0.05) is 60.7 Å². The Morgan fingerprint density at radius 2 is 1.57 bits per heavy atom. The molecule has 0 spiro atoms. The number of rotatable bonds is 6. The maximum absolute atomic E-state index is 13.2. The zero-order chi connectivity index (χ0) is 24.2. The summed E-state index contributed by atoms with van der Waals surface area (Å²) in [6.07, 6.45) is 3.58. The lowest BCUT2D eigenvalue weighted by Crippen LogP contribution is -2.44. The van der Waals surface area contributed by atoms with Gasteiger partial charge in [0, 0.05) is 31.9 Å². The molecule has 1 N–H and O–H groups in total. The second kappa shape index (κ2) is 10.2. The molecule has 35 heavy (non-hydrogen) atoms. The van der Waals surface area contributed by atoms with Crippen LogP contribution in [-0.4, -0.2) is 39.5 Å². The summed E-state index contributed by atoms with van der Waals surface area (Å²) in [7, 11) is 0. The van der Waals surface area contributed by atoms with Gasteiger partial charge in [-0.3, -0.25) is 19.5 Å². The molecule has 0 atom stereocenters. The van der Waals surface area contributed by atoms with Crippen LogP contribution in [0.2, 0.25) is 0 Å². The van der Waals surface area contributed by atoms with Gasteiger partial charge in [0.1, 0.15) is 0 Å². The van der Waals surface area contributed by atoms with E-state index in [0.29, 0.717) is 28.7 Å². The Kier molecular flexibility index (Phi) is 6.73. The van der Waals surface area contributed by atoms with Crippen molar-refractivity contribution in [1.29, 1.82) is 0 Å². The summed E-state index contributed by atoms with van der Waals surface area (Å²) in [5, 5.41) is 3.65. The van der Waals surface area contributed by atoms with E-state index in [-0.39, 0.29) is 17.5 Å². The van der Waals surface area contributed by atoms with Crippen LogP contribution < -0.4 is 10.9 Å². The Morgan fingerprint density at radius 3 is 2.23 bits per heavy atom.